The van der Waals surface area contributed by atoms with Gasteiger partial charge in [0.25, 0.3) is 5.56 Å². The first-order valence-electron chi connectivity index (χ1n) is 8.21. The molecule has 3 rings (SSSR count). The Balaban J connectivity index is 2.03. The van der Waals surface area contributed by atoms with Gasteiger partial charge in [-0.05, 0) is 36.8 Å². The van der Waals surface area contributed by atoms with E-state index in [2.05, 4.69) is 27.1 Å². The highest BCUT2D eigenvalue weighted by atomic mass is 16.5. The molecule has 9 heteroatoms. The lowest BCUT2D eigenvalue weighted by molar-refractivity contribution is 0.415. The van der Waals surface area contributed by atoms with Crippen LogP contribution in [-0.2, 0) is 13.6 Å². The van der Waals surface area contributed by atoms with Crippen molar-refractivity contribution in [1.29, 1.82) is 0 Å². The lowest BCUT2D eigenvalue weighted by atomic mass is 10.1. The largest absolute Gasteiger partial charge is 0.497 e. The van der Waals surface area contributed by atoms with Gasteiger partial charge in [0.05, 0.1) is 12.8 Å². The van der Waals surface area contributed by atoms with Gasteiger partial charge in [-0.1, -0.05) is 6.08 Å². The van der Waals surface area contributed by atoms with Gasteiger partial charge in [-0.2, -0.15) is 10.1 Å². The molecule has 0 radical (unpaired) electrons. The highest BCUT2D eigenvalue weighted by Crippen LogP contribution is 2.16. The Bertz CT molecular complexity index is 1130. The fraction of sp³-hybridized carbons (Fsp3) is 0.222. The van der Waals surface area contributed by atoms with Gasteiger partial charge in [0, 0.05) is 13.6 Å². The van der Waals surface area contributed by atoms with E-state index < -0.39 is 11.2 Å². The fourth-order valence-corrected chi connectivity index (χ4v) is 2.66. The van der Waals surface area contributed by atoms with Crippen LogP contribution in [0.1, 0.15) is 12.5 Å². The Morgan fingerprint density at radius 3 is 2.70 bits per heavy atom. The number of aromatic amines is 1. The Kier molecular flexibility index (Phi) is 4.93. The topological polar surface area (TPSA) is 106 Å². The maximum absolute atomic E-state index is 12.2. The molecule has 2 aromatic heterocycles. The van der Waals surface area contributed by atoms with Crippen LogP contribution in [0.4, 0.5) is 5.95 Å². The molecule has 0 saturated carbocycles. The number of methoxy groups -OCH3 is 1. The Labute approximate surface area is 154 Å². The zero-order valence-corrected chi connectivity index (χ0v) is 15.3. The van der Waals surface area contributed by atoms with E-state index in [0.717, 1.165) is 17.0 Å². The van der Waals surface area contributed by atoms with Gasteiger partial charge in [-0.3, -0.25) is 18.9 Å². The van der Waals surface area contributed by atoms with E-state index >= 15 is 0 Å². The number of rotatable bonds is 6. The van der Waals surface area contributed by atoms with Crippen molar-refractivity contribution in [2.24, 2.45) is 12.1 Å². The van der Waals surface area contributed by atoms with Gasteiger partial charge >= 0.3 is 5.69 Å². The number of fused-ring (bicyclic) bond motifs is 1. The summed E-state index contributed by atoms with van der Waals surface area (Å²) in [6.07, 6.45) is 1.64. The quantitative estimate of drug-likeness (QED) is 0.389. The molecule has 27 heavy (non-hydrogen) atoms. The van der Waals surface area contributed by atoms with E-state index in [-0.39, 0.29) is 11.2 Å². The summed E-state index contributed by atoms with van der Waals surface area (Å²) in [7, 11) is 3.15. The van der Waals surface area contributed by atoms with Crippen LogP contribution in [-0.4, -0.2) is 31.9 Å². The third kappa shape index (κ3) is 3.39. The fourth-order valence-electron chi connectivity index (χ4n) is 2.66. The molecular formula is C18H20N6O3. The molecule has 3 aromatic rings. The van der Waals surface area contributed by atoms with E-state index in [1.807, 2.05) is 31.2 Å². The van der Waals surface area contributed by atoms with Crippen LogP contribution in [0.2, 0.25) is 0 Å². The zero-order valence-electron chi connectivity index (χ0n) is 15.3. The zero-order chi connectivity index (χ0) is 19.6. The molecule has 0 aliphatic rings. The number of imidazole rings is 1. The summed E-state index contributed by atoms with van der Waals surface area (Å²) >= 11 is 0. The molecular weight excluding hydrogens is 348 g/mol. The van der Waals surface area contributed by atoms with Crippen molar-refractivity contribution in [2.45, 2.75) is 13.5 Å². The maximum atomic E-state index is 12.2. The minimum Gasteiger partial charge on any atom is -0.497 e. The molecule has 1 aromatic carbocycles. The van der Waals surface area contributed by atoms with Gasteiger partial charge < -0.3 is 4.74 Å². The minimum atomic E-state index is -0.528. The third-order valence-corrected chi connectivity index (χ3v) is 4.15. The van der Waals surface area contributed by atoms with Crippen LogP contribution in [0, 0.1) is 0 Å². The number of H-pyrrole nitrogens is 1. The molecule has 0 spiro atoms. The number of allylic oxidation sites excluding steroid dienone is 1. The molecule has 0 atom stereocenters. The maximum Gasteiger partial charge on any atom is 0.329 e. The summed E-state index contributed by atoms with van der Waals surface area (Å²) in [6, 6.07) is 7.47. The molecule has 140 valence electrons. The van der Waals surface area contributed by atoms with Crippen LogP contribution >= 0.6 is 0 Å². The summed E-state index contributed by atoms with van der Waals surface area (Å²) in [5.74, 6) is 1.09. The van der Waals surface area contributed by atoms with Crippen LogP contribution in [0.5, 0.6) is 5.75 Å². The van der Waals surface area contributed by atoms with E-state index in [1.165, 1.54) is 4.57 Å². The number of hydrogen-bond acceptors (Lipinski definition) is 6. The molecule has 2 N–H and O–H groups in total. The minimum absolute atomic E-state index is 0.269. The van der Waals surface area contributed by atoms with E-state index in [9.17, 15) is 9.59 Å². The van der Waals surface area contributed by atoms with E-state index in [0.29, 0.717) is 12.5 Å². The van der Waals surface area contributed by atoms with Crippen molar-refractivity contribution >= 4 is 22.8 Å². The van der Waals surface area contributed by atoms with Crippen molar-refractivity contribution in [2.75, 3.05) is 12.5 Å². The number of anilines is 1. The van der Waals surface area contributed by atoms with Crippen molar-refractivity contribution in [3.05, 3.63) is 63.3 Å². The van der Waals surface area contributed by atoms with Crippen LogP contribution < -0.4 is 21.4 Å². The van der Waals surface area contributed by atoms with Gasteiger partial charge in [0.1, 0.15) is 5.75 Å². The van der Waals surface area contributed by atoms with Gasteiger partial charge in [-0.15, -0.1) is 6.58 Å². The van der Waals surface area contributed by atoms with E-state index in [4.69, 9.17) is 4.74 Å². The highest BCUT2D eigenvalue weighted by molar-refractivity contribution is 5.99. The summed E-state index contributed by atoms with van der Waals surface area (Å²) in [6.45, 7) is 5.88. The van der Waals surface area contributed by atoms with Crippen molar-refractivity contribution in [3.63, 3.8) is 0 Å². The number of hydrazone groups is 1. The summed E-state index contributed by atoms with van der Waals surface area (Å²) in [5.41, 5.74) is 4.01. The average Bonchev–Trinajstić information content (AvgIpc) is 3.04. The number of aryl methyl sites for hydroxylation is 1. The van der Waals surface area contributed by atoms with Gasteiger partial charge in [0.15, 0.2) is 11.2 Å². The number of hydrogen-bond donors (Lipinski definition) is 2. The molecule has 2 heterocycles. The predicted octanol–water partition coefficient (Wildman–Crippen LogP) is 1.45. The standard InChI is InChI=1S/C18H20N6O3/c1-5-10-24-14-15(23(3)18(26)20-16(14)25)19-17(24)22-21-11(2)12-6-8-13(27-4)9-7-12/h5-9H,1,10H2,2-4H3,(H,19,22)(H,20,25,26)/b21-11-. The molecule has 9 nitrogen and oxygen atoms in total. The monoisotopic (exact) mass is 368 g/mol. The second kappa shape index (κ2) is 7.32. The smallest absolute Gasteiger partial charge is 0.329 e. The SMILES string of the molecule is C=CCn1c(N/N=C(/C)c2ccc(OC)cc2)nc2c1c(=O)[nH]c(=O)n2C. The van der Waals surface area contributed by atoms with E-state index in [1.54, 1.807) is 24.8 Å². The van der Waals surface area contributed by atoms with Crippen molar-refractivity contribution in [3.8, 4) is 5.75 Å². The molecule has 0 unspecified atom stereocenters. The molecule has 0 saturated heterocycles. The second-order valence-electron chi connectivity index (χ2n) is 5.86. The lowest BCUT2D eigenvalue weighted by Crippen LogP contribution is -2.29. The third-order valence-electron chi connectivity index (χ3n) is 4.15. The second-order valence-corrected chi connectivity index (χ2v) is 5.86. The van der Waals surface area contributed by atoms with Crippen LogP contribution in [0.3, 0.4) is 0 Å². The average molecular weight is 368 g/mol. The summed E-state index contributed by atoms with van der Waals surface area (Å²) < 4.78 is 8.04. The summed E-state index contributed by atoms with van der Waals surface area (Å²) in [4.78, 5) is 30.7. The number of nitrogens with zero attached hydrogens (tertiary/aromatic N) is 4. The lowest BCUT2D eigenvalue weighted by Gasteiger charge is -2.06. The van der Waals surface area contributed by atoms with Crippen LogP contribution in [0.15, 0.2) is 51.6 Å². The first kappa shape index (κ1) is 18.2. The van der Waals surface area contributed by atoms with Gasteiger partial charge in [0.2, 0.25) is 5.95 Å². The molecule has 0 aliphatic heterocycles. The number of benzene rings is 1. The molecule has 0 fully saturated rings. The number of nitrogens with one attached hydrogen (secondary N) is 2. The number of ether oxygens (including phenoxy) is 1. The van der Waals surface area contributed by atoms with Crippen molar-refractivity contribution in [1.82, 2.24) is 19.1 Å². The Morgan fingerprint density at radius 2 is 2.07 bits per heavy atom. The molecule has 0 amide bonds. The predicted molar refractivity (Wildman–Crippen MR) is 105 cm³/mol. The first-order chi connectivity index (χ1) is 13.0. The summed E-state index contributed by atoms with van der Waals surface area (Å²) in [5, 5.41) is 4.35. The highest BCUT2D eigenvalue weighted by Gasteiger charge is 2.16. The van der Waals surface area contributed by atoms with Crippen LogP contribution in [0.25, 0.3) is 11.2 Å². The molecule has 0 bridgehead atoms. The van der Waals surface area contributed by atoms with Gasteiger partial charge in [-0.25, -0.2) is 10.2 Å². The normalized spacial score (nSPS) is 11.6. The number of aromatic nitrogens is 4. The van der Waals surface area contributed by atoms with Crippen molar-refractivity contribution < 1.29 is 4.74 Å². The first-order valence-corrected chi connectivity index (χ1v) is 8.21. The Hall–Kier alpha value is -3.62. The molecule has 0 aliphatic carbocycles. The Morgan fingerprint density at radius 1 is 1.37 bits per heavy atom.